The van der Waals surface area contributed by atoms with Crippen molar-refractivity contribution >= 4 is 0 Å². The van der Waals surface area contributed by atoms with E-state index in [1.807, 2.05) is 4.90 Å². The van der Waals surface area contributed by atoms with Gasteiger partial charge in [0.1, 0.15) is 35.8 Å². The maximum Gasteiger partial charge on any atom is 0.130 e. The van der Waals surface area contributed by atoms with Crippen LogP contribution < -0.4 is 9.47 Å². The summed E-state index contributed by atoms with van der Waals surface area (Å²) in [4.78, 5) is 4.24. The van der Waals surface area contributed by atoms with Crippen molar-refractivity contribution in [3.8, 4) is 11.5 Å². The Kier molecular flexibility index (Phi) is 9.02. The van der Waals surface area contributed by atoms with Gasteiger partial charge in [-0.05, 0) is 30.3 Å². The molecule has 1 saturated heterocycles. The van der Waals surface area contributed by atoms with Gasteiger partial charge in [0.2, 0.25) is 0 Å². The Bertz CT molecular complexity index is 801. The second-order valence-electron chi connectivity index (χ2n) is 7.57. The molecule has 1 N–H and O–H groups in total. The molecule has 0 unspecified atom stereocenters. The highest BCUT2D eigenvalue weighted by atomic mass is 19.1. The molecular formula is C23H30F2N2O4. The number of morpholine rings is 1. The summed E-state index contributed by atoms with van der Waals surface area (Å²) < 4.78 is 43.6. The summed E-state index contributed by atoms with van der Waals surface area (Å²) in [5.74, 6) is 0.169. The maximum absolute atomic E-state index is 14.2. The summed E-state index contributed by atoms with van der Waals surface area (Å²) >= 11 is 0. The van der Waals surface area contributed by atoms with Crippen LogP contribution in [0.1, 0.15) is 5.56 Å². The molecule has 2 aromatic rings. The lowest BCUT2D eigenvalue weighted by atomic mass is 10.2. The third-order valence-corrected chi connectivity index (χ3v) is 5.22. The standard InChI is InChI=1S/C23H30F2N2O4/c1-29-21-4-6-22(7-5-21)31-17-20(28)16-27(9-8-26-10-12-30-13-11-26)15-18-2-3-19(24)14-23(18)25/h2-7,14,20,28H,8-13,15-17H2,1H3/t20-/m1/s1. The Morgan fingerprint density at radius 1 is 1.10 bits per heavy atom. The number of nitrogens with zero attached hydrogens (tertiary/aromatic N) is 2. The molecule has 170 valence electrons. The average Bonchev–Trinajstić information content (AvgIpc) is 2.79. The van der Waals surface area contributed by atoms with Crippen molar-refractivity contribution in [3.05, 3.63) is 59.7 Å². The lowest BCUT2D eigenvalue weighted by Crippen LogP contribution is -2.43. The van der Waals surface area contributed by atoms with Gasteiger partial charge in [-0.15, -0.1) is 0 Å². The van der Waals surface area contributed by atoms with E-state index in [0.717, 1.165) is 31.5 Å². The predicted molar refractivity (Wildman–Crippen MR) is 113 cm³/mol. The normalized spacial score (nSPS) is 15.8. The number of aliphatic hydroxyl groups is 1. The molecule has 0 radical (unpaired) electrons. The quantitative estimate of drug-likeness (QED) is 0.584. The van der Waals surface area contributed by atoms with Gasteiger partial charge in [0.25, 0.3) is 0 Å². The topological polar surface area (TPSA) is 54.4 Å². The zero-order valence-electron chi connectivity index (χ0n) is 17.8. The molecule has 1 aliphatic heterocycles. The van der Waals surface area contributed by atoms with Crippen molar-refractivity contribution in [2.75, 3.05) is 59.7 Å². The van der Waals surface area contributed by atoms with E-state index in [2.05, 4.69) is 4.90 Å². The molecule has 0 aliphatic carbocycles. The van der Waals surface area contributed by atoms with Crippen LogP contribution in [-0.4, -0.2) is 80.7 Å². The Labute approximate surface area is 181 Å². The highest BCUT2D eigenvalue weighted by Crippen LogP contribution is 2.17. The van der Waals surface area contributed by atoms with Crippen molar-refractivity contribution in [3.63, 3.8) is 0 Å². The monoisotopic (exact) mass is 436 g/mol. The molecule has 0 aromatic heterocycles. The minimum atomic E-state index is -0.768. The molecular weight excluding hydrogens is 406 g/mol. The number of aliphatic hydroxyl groups excluding tert-OH is 1. The number of hydrogen-bond acceptors (Lipinski definition) is 6. The van der Waals surface area contributed by atoms with Crippen LogP contribution >= 0.6 is 0 Å². The Hall–Kier alpha value is -2.26. The molecule has 6 nitrogen and oxygen atoms in total. The van der Waals surface area contributed by atoms with Gasteiger partial charge >= 0.3 is 0 Å². The van der Waals surface area contributed by atoms with Crippen LogP contribution in [0.4, 0.5) is 8.78 Å². The SMILES string of the molecule is COc1ccc(OC[C@H](O)CN(CCN2CCOCC2)Cc2ccc(F)cc2F)cc1. The van der Waals surface area contributed by atoms with E-state index in [0.29, 0.717) is 37.6 Å². The minimum absolute atomic E-state index is 0.103. The Morgan fingerprint density at radius 2 is 1.81 bits per heavy atom. The first kappa shape index (κ1) is 23.4. The number of ether oxygens (including phenoxy) is 3. The summed E-state index contributed by atoms with van der Waals surface area (Å²) in [6.45, 7) is 5.19. The molecule has 1 atom stereocenters. The number of hydrogen-bond donors (Lipinski definition) is 1. The summed E-state index contributed by atoms with van der Waals surface area (Å²) in [6.07, 6.45) is -0.768. The molecule has 8 heteroatoms. The van der Waals surface area contributed by atoms with Crippen LogP contribution in [0.25, 0.3) is 0 Å². The van der Waals surface area contributed by atoms with E-state index in [1.54, 1.807) is 31.4 Å². The third kappa shape index (κ3) is 7.74. The van der Waals surface area contributed by atoms with E-state index in [-0.39, 0.29) is 13.2 Å². The average molecular weight is 436 g/mol. The van der Waals surface area contributed by atoms with Crippen LogP contribution in [0.5, 0.6) is 11.5 Å². The van der Waals surface area contributed by atoms with Crippen LogP contribution in [0.2, 0.25) is 0 Å². The van der Waals surface area contributed by atoms with Crippen LogP contribution in [0.3, 0.4) is 0 Å². The summed E-state index contributed by atoms with van der Waals surface area (Å²) in [6, 6.07) is 10.7. The molecule has 0 saturated carbocycles. The summed E-state index contributed by atoms with van der Waals surface area (Å²) in [5.41, 5.74) is 0.395. The zero-order chi connectivity index (χ0) is 22.1. The molecule has 0 spiro atoms. The lowest BCUT2D eigenvalue weighted by molar-refractivity contribution is 0.0254. The summed E-state index contributed by atoms with van der Waals surface area (Å²) in [7, 11) is 1.59. The van der Waals surface area contributed by atoms with Gasteiger partial charge in [-0.2, -0.15) is 0 Å². The zero-order valence-corrected chi connectivity index (χ0v) is 17.8. The highest BCUT2D eigenvalue weighted by molar-refractivity contribution is 5.31. The van der Waals surface area contributed by atoms with Gasteiger partial charge in [-0.25, -0.2) is 8.78 Å². The smallest absolute Gasteiger partial charge is 0.130 e. The van der Waals surface area contributed by atoms with Gasteiger partial charge in [0, 0.05) is 50.9 Å². The van der Waals surface area contributed by atoms with Gasteiger partial charge in [0.05, 0.1) is 20.3 Å². The van der Waals surface area contributed by atoms with Crippen LogP contribution in [-0.2, 0) is 11.3 Å². The summed E-state index contributed by atoms with van der Waals surface area (Å²) in [5, 5.41) is 10.5. The molecule has 1 aliphatic rings. The fourth-order valence-electron chi connectivity index (χ4n) is 3.45. The Balaban J connectivity index is 1.56. The number of rotatable bonds is 11. The highest BCUT2D eigenvalue weighted by Gasteiger charge is 2.18. The van der Waals surface area contributed by atoms with E-state index in [1.165, 1.54) is 12.1 Å². The van der Waals surface area contributed by atoms with Crippen LogP contribution in [0.15, 0.2) is 42.5 Å². The van der Waals surface area contributed by atoms with Gasteiger partial charge in [-0.3, -0.25) is 9.80 Å². The second-order valence-corrected chi connectivity index (χ2v) is 7.57. The molecule has 2 aromatic carbocycles. The first-order chi connectivity index (χ1) is 15.0. The van der Waals surface area contributed by atoms with Crippen molar-refractivity contribution in [2.24, 2.45) is 0 Å². The molecule has 1 fully saturated rings. The maximum atomic E-state index is 14.2. The van der Waals surface area contributed by atoms with E-state index >= 15 is 0 Å². The van der Waals surface area contributed by atoms with Crippen molar-refractivity contribution in [2.45, 2.75) is 12.6 Å². The second kappa shape index (κ2) is 12.0. The molecule has 31 heavy (non-hydrogen) atoms. The number of methoxy groups -OCH3 is 1. The molecule has 3 rings (SSSR count). The first-order valence-corrected chi connectivity index (χ1v) is 10.4. The van der Waals surface area contributed by atoms with Gasteiger partial charge in [-0.1, -0.05) is 6.07 Å². The third-order valence-electron chi connectivity index (χ3n) is 5.22. The van der Waals surface area contributed by atoms with Gasteiger partial charge in [0.15, 0.2) is 0 Å². The van der Waals surface area contributed by atoms with E-state index in [4.69, 9.17) is 14.2 Å². The molecule has 1 heterocycles. The van der Waals surface area contributed by atoms with Crippen molar-refractivity contribution < 1.29 is 28.1 Å². The minimum Gasteiger partial charge on any atom is -0.497 e. The first-order valence-electron chi connectivity index (χ1n) is 10.4. The number of benzene rings is 2. The predicted octanol–water partition coefficient (Wildman–Crippen LogP) is 2.55. The fraction of sp³-hybridized carbons (Fsp3) is 0.478. The fourth-order valence-corrected chi connectivity index (χ4v) is 3.45. The van der Waals surface area contributed by atoms with E-state index in [9.17, 15) is 13.9 Å². The largest absolute Gasteiger partial charge is 0.497 e. The van der Waals surface area contributed by atoms with Crippen molar-refractivity contribution in [1.82, 2.24) is 9.80 Å². The van der Waals surface area contributed by atoms with E-state index < -0.39 is 17.7 Å². The van der Waals surface area contributed by atoms with Crippen molar-refractivity contribution in [1.29, 1.82) is 0 Å². The number of halogens is 2. The lowest BCUT2D eigenvalue weighted by Gasteiger charge is -2.31. The Morgan fingerprint density at radius 3 is 2.48 bits per heavy atom. The molecule has 0 bridgehead atoms. The van der Waals surface area contributed by atoms with Gasteiger partial charge < -0.3 is 19.3 Å². The molecule has 0 amide bonds. The van der Waals surface area contributed by atoms with Crippen LogP contribution in [0, 0.1) is 11.6 Å².